The van der Waals surface area contributed by atoms with Crippen molar-refractivity contribution in [1.82, 2.24) is 19.4 Å². The second-order valence-electron chi connectivity index (χ2n) is 8.09. The number of carbonyl (C=O) groups excluding carboxylic acids is 1. The van der Waals surface area contributed by atoms with Crippen molar-refractivity contribution < 1.29 is 9.53 Å². The van der Waals surface area contributed by atoms with E-state index >= 15 is 0 Å². The number of rotatable bonds is 6. The third kappa shape index (κ3) is 4.36. The number of hydrogen-bond donors (Lipinski definition) is 0. The van der Waals surface area contributed by atoms with Crippen LogP contribution in [0.15, 0.2) is 59.7 Å². The zero-order valence-corrected chi connectivity index (χ0v) is 18.5. The van der Waals surface area contributed by atoms with Crippen LogP contribution in [0, 0.1) is 5.92 Å². The lowest BCUT2D eigenvalue weighted by molar-refractivity contribution is -0.133. The van der Waals surface area contributed by atoms with Gasteiger partial charge >= 0.3 is 0 Å². The molecule has 3 heterocycles. The molecule has 0 N–H and O–H groups in total. The first-order chi connectivity index (χ1) is 15.7. The molecule has 1 aliphatic rings. The first-order valence-corrected chi connectivity index (χ1v) is 11.7. The monoisotopic (exact) mass is 448 g/mol. The molecule has 1 aliphatic heterocycles. The summed E-state index contributed by atoms with van der Waals surface area (Å²) in [5.74, 6) is 0.494. The van der Waals surface area contributed by atoms with Gasteiger partial charge in [0, 0.05) is 26.1 Å². The van der Waals surface area contributed by atoms with E-state index in [-0.39, 0.29) is 11.5 Å². The van der Waals surface area contributed by atoms with E-state index in [9.17, 15) is 9.59 Å². The van der Waals surface area contributed by atoms with E-state index in [0.29, 0.717) is 41.6 Å². The number of aryl methyl sites for hydroxylation is 1. The molecule has 32 heavy (non-hydrogen) atoms. The van der Waals surface area contributed by atoms with Crippen LogP contribution in [0.5, 0.6) is 5.19 Å². The standard InChI is InChI=1S/C24H24N4O3S/c29-22(11-14-28-16-25-19-6-2-1-5-18(19)23(28)30)27-12-9-17(10-13-27)15-31-24-26-20-7-3-4-8-21(20)32-24/h1-8,16-17H,9-15H2. The molecule has 0 radical (unpaired) electrons. The van der Waals surface area contributed by atoms with Crippen LogP contribution in [0.2, 0.25) is 0 Å². The maximum atomic E-state index is 12.7. The number of para-hydroxylation sites is 2. The lowest BCUT2D eigenvalue weighted by Gasteiger charge is -2.31. The second-order valence-corrected chi connectivity index (χ2v) is 9.09. The van der Waals surface area contributed by atoms with E-state index in [1.54, 1.807) is 17.4 Å². The van der Waals surface area contributed by atoms with Gasteiger partial charge in [-0.2, -0.15) is 0 Å². The number of ether oxygens (including phenoxy) is 1. The zero-order valence-electron chi connectivity index (χ0n) is 17.6. The Hall–Kier alpha value is -3.26. The number of nitrogens with zero attached hydrogens (tertiary/aromatic N) is 4. The largest absolute Gasteiger partial charge is 0.470 e. The summed E-state index contributed by atoms with van der Waals surface area (Å²) >= 11 is 1.57. The Morgan fingerprint density at radius 3 is 2.62 bits per heavy atom. The number of thiazole rings is 1. The Balaban J connectivity index is 1.10. The normalized spacial score (nSPS) is 14.8. The zero-order chi connectivity index (χ0) is 21.9. The number of likely N-dealkylation sites (tertiary alicyclic amines) is 1. The molecule has 0 spiro atoms. The van der Waals surface area contributed by atoms with Crippen molar-refractivity contribution in [2.75, 3.05) is 19.7 Å². The Kier molecular flexibility index (Phi) is 5.85. The predicted octanol–water partition coefficient (Wildman–Crippen LogP) is 3.71. The van der Waals surface area contributed by atoms with Gasteiger partial charge in [-0.15, -0.1) is 0 Å². The van der Waals surface area contributed by atoms with Crippen molar-refractivity contribution in [2.45, 2.75) is 25.8 Å². The van der Waals surface area contributed by atoms with E-state index in [4.69, 9.17) is 4.74 Å². The molecule has 1 saturated heterocycles. The molecular weight excluding hydrogens is 424 g/mol. The van der Waals surface area contributed by atoms with E-state index < -0.39 is 0 Å². The van der Waals surface area contributed by atoms with Gasteiger partial charge in [0.25, 0.3) is 10.8 Å². The first-order valence-electron chi connectivity index (χ1n) is 10.9. The summed E-state index contributed by atoms with van der Waals surface area (Å²) in [5, 5.41) is 1.29. The van der Waals surface area contributed by atoms with Crippen LogP contribution in [-0.2, 0) is 11.3 Å². The molecule has 1 fully saturated rings. The fraction of sp³-hybridized carbons (Fsp3) is 0.333. The van der Waals surface area contributed by atoms with Gasteiger partial charge in [-0.1, -0.05) is 35.6 Å². The fourth-order valence-corrected chi connectivity index (χ4v) is 4.91. The lowest BCUT2D eigenvalue weighted by atomic mass is 9.97. The molecule has 0 bridgehead atoms. The van der Waals surface area contributed by atoms with Crippen molar-refractivity contribution in [2.24, 2.45) is 5.92 Å². The molecule has 7 nitrogen and oxygen atoms in total. The molecule has 8 heteroatoms. The molecule has 0 saturated carbocycles. The Morgan fingerprint density at radius 2 is 1.81 bits per heavy atom. The quantitative estimate of drug-likeness (QED) is 0.449. The van der Waals surface area contributed by atoms with Crippen LogP contribution in [0.1, 0.15) is 19.3 Å². The Labute approximate surface area is 189 Å². The summed E-state index contributed by atoms with van der Waals surface area (Å²) < 4.78 is 8.59. The van der Waals surface area contributed by atoms with Gasteiger partial charge in [0.1, 0.15) is 0 Å². The summed E-state index contributed by atoms with van der Waals surface area (Å²) in [4.78, 5) is 36.0. The number of hydrogen-bond acceptors (Lipinski definition) is 6. The highest BCUT2D eigenvalue weighted by Crippen LogP contribution is 2.28. The highest BCUT2D eigenvalue weighted by atomic mass is 32.1. The predicted molar refractivity (Wildman–Crippen MR) is 125 cm³/mol. The molecule has 0 atom stereocenters. The Bertz CT molecular complexity index is 1270. The summed E-state index contributed by atoms with van der Waals surface area (Å²) in [5.41, 5.74) is 1.54. The van der Waals surface area contributed by atoms with E-state index in [1.807, 2.05) is 47.4 Å². The van der Waals surface area contributed by atoms with Crippen molar-refractivity contribution in [3.8, 4) is 5.19 Å². The van der Waals surface area contributed by atoms with Crippen LogP contribution >= 0.6 is 11.3 Å². The van der Waals surface area contributed by atoms with Crippen LogP contribution in [-0.4, -0.2) is 45.0 Å². The van der Waals surface area contributed by atoms with Gasteiger partial charge in [-0.05, 0) is 43.0 Å². The average molecular weight is 449 g/mol. The van der Waals surface area contributed by atoms with Crippen LogP contribution < -0.4 is 10.3 Å². The number of piperidine rings is 1. The number of carbonyl (C=O) groups is 1. The maximum Gasteiger partial charge on any atom is 0.274 e. The molecule has 164 valence electrons. The van der Waals surface area contributed by atoms with Crippen molar-refractivity contribution in [3.05, 3.63) is 65.2 Å². The minimum Gasteiger partial charge on any atom is -0.470 e. The van der Waals surface area contributed by atoms with Crippen molar-refractivity contribution in [3.63, 3.8) is 0 Å². The van der Waals surface area contributed by atoms with Gasteiger partial charge in [-0.3, -0.25) is 14.2 Å². The van der Waals surface area contributed by atoms with Crippen molar-refractivity contribution in [1.29, 1.82) is 0 Å². The molecule has 2 aromatic carbocycles. The molecule has 0 unspecified atom stereocenters. The minimum atomic E-state index is -0.103. The summed E-state index contributed by atoms with van der Waals surface area (Å²) in [7, 11) is 0. The topological polar surface area (TPSA) is 77.3 Å². The van der Waals surface area contributed by atoms with Gasteiger partial charge in [0.2, 0.25) is 5.91 Å². The number of fused-ring (bicyclic) bond motifs is 2. The summed E-state index contributed by atoms with van der Waals surface area (Å²) in [6.45, 7) is 2.41. The van der Waals surface area contributed by atoms with Crippen LogP contribution in [0.25, 0.3) is 21.1 Å². The first kappa shape index (κ1) is 20.6. The molecule has 2 aromatic heterocycles. The number of aromatic nitrogens is 3. The highest BCUT2D eigenvalue weighted by Gasteiger charge is 2.23. The van der Waals surface area contributed by atoms with Crippen LogP contribution in [0.4, 0.5) is 0 Å². The lowest BCUT2D eigenvalue weighted by Crippen LogP contribution is -2.40. The van der Waals surface area contributed by atoms with Crippen molar-refractivity contribution >= 4 is 38.4 Å². The minimum absolute atomic E-state index is 0.0793. The SMILES string of the molecule is O=C(CCn1cnc2ccccc2c1=O)N1CCC(COc2nc3ccccc3s2)CC1. The molecule has 4 aromatic rings. The number of amides is 1. The van der Waals surface area contributed by atoms with Gasteiger partial charge in [-0.25, -0.2) is 9.97 Å². The fourth-order valence-electron chi connectivity index (χ4n) is 4.09. The molecule has 1 amide bonds. The number of benzene rings is 2. The smallest absolute Gasteiger partial charge is 0.274 e. The Morgan fingerprint density at radius 1 is 1.06 bits per heavy atom. The third-order valence-corrected chi connectivity index (χ3v) is 6.93. The van der Waals surface area contributed by atoms with E-state index in [1.165, 1.54) is 10.9 Å². The summed E-state index contributed by atoms with van der Waals surface area (Å²) in [6, 6.07) is 15.3. The average Bonchev–Trinajstić information content (AvgIpc) is 3.26. The van der Waals surface area contributed by atoms with Crippen LogP contribution in [0.3, 0.4) is 0 Å². The second kappa shape index (κ2) is 9.08. The summed E-state index contributed by atoms with van der Waals surface area (Å²) in [6.07, 6.45) is 3.65. The molecule has 0 aliphatic carbocycles. The third-order valence-electron chi connectivity index (χ3n) is 5.98. The molecule has 5 rings (SSSR count). The van der Waals surface area contributed by atoms with Gasteiger partial charge < -0.3 is 9.64 Å². The van der Waals surface area contributed by atoms with Gasteiger partial charge in [0.05, 0.1) is 34.1 Å². The maximum absolute atomic E-state index is 12.7. The van der Waals surface area contributed by atoms with E-state index in [2.05, 4.69) is 9.97 Å². The molecular formula is C24H24N4O3S. The highest BCUT2D eigenvalue weighted by molar-refractivity contribution is 7.20. The van der Waals surface area contributed by atoms with E-state index in [0.717, 1.165) is 36.1 Å². The van der Waals surface area contributed by atoms with Gasteiger partial charge in [0.15, 0.2) is 0 Å².